The Morgan fingerprint density at radius 3 is 2.75 bits per heavy atom. The van der Waals surface area contributed by atoms with Crippen LogP contribution in [-0.4, -0.2) is 55.0 Å². The molecule has 0 bridgehead atoms. The molecule has 28 heavy (non-hydrogen) atoms. The summed E-state index contributed by atoms with van der Waals surface area (Å²) in [6, 6.07) is 4.08. The number of fused-ring (bicyclic) bond motifs is 1. The van der Waals surface area contributed by atoms with Crippen LogP contribution in [-0.2, 0) is 25.5 Å². The summed E-state index contributed by atoms with van der Waals surface area (Å²) in [5.41, 5.74) is -0.671. The maximum Gasteiger partial charge on any atom is 0.416 e. The van der Waals surface area contributed by atoms with Crippen molar-refractivity contribution < 1.29 is 31.1 Å². The van der Waals surface area contributed by atoms with E-state index in [9.17, 15) is 26.4 Å². The number of nitrogens with zero attached hydrogens (tertiary/aromatic N) is 2. The van der Waals surface area contributed by atoms with Crippen molar-refractivity contribution in [3.05, 3.63) is 29.8 Å². The zero-order chi connectivity index (χ0) is 20.1. The molecule has 0 aliphatic carbocycles. The van der Waals surface area contributed by atoms with Gasteiger partial charge in [0.2, 0.25) is 0 Å². The summed E-state index contributed by atoms with van der Waals surface area (Å²) in [6.45, 7) is 0.467. The van der Waals surface area contributed by atoms with E-state index in [4.69, 9.17) is 4.74 Å². The van der Waals surface area contributed by atoms with Gasteiger partial charge in [0.05, 0.1) is 23.1 Å². The number of thioether (sulfide) groups is 1. The van der Waals surface area contributed by atoms with Crippen LogP contribution in [0.2, 0.25) is 0 Å². The van der Waals surface area contributed by atoms with Gasteiger partial charge in [0.25, 0.3) is 5.91 Å². The predicted molar refractivity (Wildman–Crippen MR) is 99.2 cm³/mol. The van der Waals surface area contributed by atoms with Crippen LogP contribution in [0.5, 0.6) is 0 Å². The van der Waals surface area contributed by atoms with E-state index in [-0.39, 0.29) is 27.6 Å². The van der Waals surface area contributed by atoms with Crippen LogP contribution in [0, 0.1) is 0 Å². The van der Waals surface area contributed by atoms with Gasteiger partial charge in [-0.05, 0) is 31.0 Å². The molecule has 3 saturated heterocycles. The van der Waals surface area contributed by atoms with E-state index in [0.29, 0.717) is 13.0 Å². The Morgan fingerprint density at radius 1 is 1.29 bits per heavy atom. The van der Waals surface area contributed by atoms with Crippen LogP contribution < -0.4 is 4.90 Å². The van der Waals surface area contributed by atoms with Crippen LogP contribution in [0.3, 0.4) is 0 Å². The summed E-state index contributed by atoms with van der Waals surface area (Å²) >= 11 is 1.13. The Labute approximate surface area is 164 Å². The van der Waals surface area contributed by atoms with Crippen LogP contribution >= 0.6 is 11.8 Å². The number of alkyl halides is 3. The Kier molecular flexibility index (Phi) is 4.95. The van der Waals surface area contributed by atoms with Crippen molar-refractivity contribution in [1.29, 1.82) is 0 Å². The molecule has 0 unspecified atom stereocenters. The smallest absolute Gasteiger partial charge is 0.368 e. The fourth-order valence-corrected chi connectivity index (χ4v) is 7.56. The average molecular weight is 434 g/mol. The predicted octanol–water partition coefficient (Wildman–Crippen LogP) is 2.49. The number of sulfone groups is 1. The molecule has 11 heteroatoms. The Balaban J connectivity index is 1.72. The number of halogens is 3. The van der Waals surface area contributed by atoms with E-state index in [1.54, 1.807) is 0 Å². The largest absolute Gasteiger partial charge is 0.416 e. The minimum absolute atomic E-state index is 0.0923. The monoisotopic (exact) mass is 434 g/mol. The third-order valence-electron chi connectivity index (χ3n) is 4.93. The fourth-order valence-electron chi connectivity index (χ4n) is 3.64. The minimum Gasteiger partial charge on any atom is -0.368 e. The van der Waals surface area contributed by atoms with Gasteiger partial charge in [-0.2, -0.15) is 18.2 Å². The molecule has 0 aromatic heterocycles. The van der Waals surface area contributed by atoms with E-state index in [2.05, 4.69) is 4.99 Å². The first-order valence-electron chi connectivity index (χ1n) is 8.72. The van der Waals surface area contributed by atoms with Gasteiger partial charge in [-0.1, -0.05) is 17.8 Å². The van der Waals surface area contributed by atoms with Gasteiger partial charge in [0.15, 0.2) is 15.0 Å². The summed E-state index contributed by atoms with van der Waals surface area (Å²) < 4.78 is 68.8. The number of amidine groups is 1. The number of benzene rings is 1. The second kappa shape index (κ2) is 7.03. The van der Waals surface area contributed by atoms with Gasteiger partial charge in [0.1, 0.15) is 6.10 Å². The highest BCUT2D eigenvalue weighted by molar-refractivity contribution is 8.16. The first-order valence-corrected chi connectivity index (χ1v) is 11.4. The van der Waals surface area contributed by atoms with E-state index < -0.39 is 39.6 Å². The molecule has 1 amide bonds. The molecule has 0 saturated carbocycles. The highest BCUT2D eigenvalue weighted by atomic mass is 32.2. The number of hydrogen-bond acceptors (Lipinski definition) is 5. The lowest BCUT2D eigenvalue weighted by Crippen LogP contribution is -2.38. The molecule has 3 aliphatic rings. The van der Waals surface area contributed by atoms with Crippen molar-refractivity contribution in [2.24, 2.45) is 4.99 Å². The fraction of sp³-hybridized carbons (Fsp3) is 0.529. The second-order valence-electron chi connectivity index (χ2n) is 6.95. The first-order chi connectivity index (χ1) is 13.1. The molecular formula is C17H17F3N2O4S2. The van der Waals surface area contributed by atoms with Crippen molar-refractivity contribution in [1.82, 2.24) is 0 Å². The summed E-state index contributed by atoms with van der Waals surface area (Å²) in [5, 5.41) is -0.152. The van der Waals surface area contributed by atoms with Crippen molar-refractivity contribution in [2.45, 2.75) is 36.4 Å². The highest BCUT2D eigenvalue weighted by Gasteiger charge is 2.50. The number of anilines is 1. The lowest BCUT2D eigenvalue weighted by molar-refractivity contribution is -0.137. The summed E-state index contributed by atoms with van der Waals surface area (Å²) in [4.78, 5) is 18.0. The van der Waals surface area contributed by atoms with Gasteiger partial charge >= 0.3 is 6.18 Å². The summed E-state index contributed by atoms with van der Waals surface area (Å²) in [5.74, 6) is -0.765. The molecule has 3 fully saturated rings. The molecule has 3 atom stereocenters. The summed E-state index contributed by atoms with van der Waals surface area (Å²) in [6.07, 6.45) is -3.89. The molecule has 0 radical (unpaired) electrons. The number of hydrogen-bond donors (Lipinski definition) is 0. The van der Waals surface area contributed by atoms with E-state index in [1.807, 2.05) is 0 Å². The van der Waals surface area contributed by atoms with Crippen molar-refractivity contribution in [3.63, 3.8) is 0 Å². The SMILES string of the molecule is O=C(N=C1S[C@@H]2CS(=O)(=O)C[C@H]2N1c1cccc(C(F)(F)F)c1)[C@@H]1CCCO1. The molecule has 4 rings (SSSR count). The van der Waals surface area contributed by atoms with Gasteiger partial charge in [-0.15, -0.1) is 0 Å². The number of carbonyl (C=O) groups is 1. The van der Waals surface area contributed by atoms with E-state index in [1.165, 1.54) is 17.0 Å². The minimum atomic E-state index is -4.53. The third-order valence-corrected chi connectivity index (χ3v) is 8.14. The maximum absolute atomic E-state index is 13.1. The Morgan fingerprint density at radius 2 is 2.07 bits per heavy atom. The lowest BCUT2D eigenvalue weighted by atomic mass is 10.1. The summed E-state index contributed by atoms with van der Waals surface area (Å²) in [7, 11) is -3.30. The number of ether oxygens (including phenoxy) is 1. The van der Waals surface area contributed by atoms with Crippen molar-refractivity contribution >= 4 is 38.4 Å². The average Bonchev–Trinajstić information content (AvgIpc) is 3.28. The normalized spacial score (nSPS) is 30.8. The molecular weight excluding hydrogens is 417 g/mol. The van der Waals surface area contributed by atoms with Crippen LogP contribution in [0.15, 0.2) is 29.3 Å². The molecule has 0 N–H and O–H groups in total. The van der Waals surface area contributed by atoms with Gasteiger partial charge < -0.3 is 9.64 Å². The number of aliphatic imine (C=N–C) groups is 1. The zero-order valence-corrected chi connectivity index (χ0v) is 16.2. The van der Waals surface area contributed by atoms with Crippen LogP contribution in [0.1, 0.15) is 18.4 Å². The number of carbonyl (C=O) groups excluding carboxylic acids is 1. The lowest BCUT2D eigenvalue weighted by Gasteiger charge is -2.25. The third kappa shape index (κ3) is 3.79. The van der Waals surface area contributed by atoms with Crippen LogP contribution in [0.4, 0.5) is 18.9 Å². The molecule has 0 spiro atoms. The molecule has 152 valence electrons. The molecule has 3 aliphatic heterocycles. The Bertz CT molecular complexity index is 927. The molecule has 6 nitrogen and oxygen atoms in total. The quantitative estimate of drug-likeness (QED) is 0.712. The number of rotatable bonds is 2. The molecule has 3 heterocycles. The maximum atomic E-state index is 13.1. The van der Waals surface area contributed by atoms with Crippen molar-refractivity contribution in [3.8, 4) is 0 Å². The van der Waals surface area contributed by atoms with Gasteiger partial charge in [-0.3, -0.25) is 4.79 Å². The zero-order valence-electron chi connectivity index (χ0n) is 14.6. The molecule has 1 aromatic carbocycles. The highest BCUT2D eigenvalue weighted by Crippen LogP contribution is 2.42. The standard InChI is InChI=1S/C17H17F3N2O4S2/c18-17(19,20)10-3-1-4-11(7-10)22-12-8-28(24,25)9-14(12)27-16(22)21-15(23)13-5-2-6-26-13/h1,3-4,7,12-14H,2,5-6,8-9H2/t12-,13+,14-/m1/s1. The Hall–Kier alpha value is -1.59. The van der Waals surface area contributed by atoms with Crippen LogP contribution in [0.25, 0.3) is 0 Å². The first kappa shape index (κ1) is 19.7. The topological polar surface area (TPSA) is 76.0 Å². The van der Waals surface area contributed by atoms with Gasteiger partial charge in [-0.25, -0.2) is 8.42 Å². The van der Waals surface area contributed by atoms with E-state index >= 15 is 0 Å². The molecule has 1 aromatic rings. The van der Waals surface area contributed by atoms with Crippen molar-refractivity contribution in [2.75, 3.05) is 23.0 Å². The second-order valence-corrected chi connectivity index (χ2v) is 10.3. The number of amides is 1. The van der Waals surface area contributed by atoms with Gasteiger partial charge in [0, 0.05) is 17.5 Å². The van der Waals surface area contributed by atoms with E-state index in [0.717, 1.165) is 30.3 Å².